The summed E-state index contributed by atoms with van der Waals surface area (Å²) in [4.78, 5) is 0. The van der Waals surface area contributed by atoms with Crippen molar-refractivity contribution in [2.75, 3.05) is 0 Å². The molecule has 0 aliphatic heterocycles. The molecule has 4 fully saturated rings. The number of unbranched alkanes of at least 4 members (excludes halogenated alkanes) is 3. The lowest BCUT2D eigenvalue weighted by Gasteiger charge is -2.66. The van der Waals surface area contributed by atoms with Crippen LogP contribution in [0.15, 0.2) is 0 Å². The van der Waals surface area contributed by atoms with Crippen LogP contribution in [0.2, 0.25) is 0 Å². The Hall–Kier alpha value is -0.0400. The van der Waals surface area contributed by atoms with Crippen LogP contribution >= 0.6 is 0 Å². The molecule has 20 heavy (non-hydrogen) atoms. The summed E-state index contributed by atoms with van der Waals surface area (Å²) in [6, 6.07) is 0. The van der Waals surface area contributed by atoms with Gasteiger partial charge >= 0.3 is 0 Å². The lowest BCUT2D eigenvalue weighted by molar-refractivity contribution is -0.129. The number of nitrogens with two attached hydrogens (primary N) is 1. The van der Waals surface area contributed by atoms with Gasteiger partial charge in [-0.05, 0) is 68.1 Å². The van der Waals surface area contributed by atoms with Crippen molar-refractivity contribution in [3.8, 4) is 0 Å². The van der Waals surface area contributed by atoms with Gasteiger partial charge in [0, 0.05) is 5.54 Å². The summed E-state index contributed by atoms with van der Waals surface area (Å²) in [6.45, 7) is 4.69. The highest BCUT2D eigenvalue weighted by molar-refractivity contribution is 5.15. The third kappa shape index (κ3) is 2.67. The summed E-state index contributed by atoms with van der Waals surface area (Å²) >= 11 is 0. The zero-order valence-corrected chi connectivity index (χ0v) is 13.8. The molecule has 0 amide bonds. The topological polar surface area (TPSA) is 26.0 Å². The van der Waals surface area contributed by atoms with E-state index >= 15 is 0 Å². The van der Waals surface area contributed by atoms with E-state index in [2.05, 4.69) is 13.8 Å². The third-order valence-electron chi connectivity index (χ3n) is 6.68. The number of hydrogen-bond acceptors (Lipinski definition) is 1. The highest BCUT2D eigenvalue weighted by Crippen LogP contribution is 2.68. The average Bonchev–Trinajstić information content (AvgIpc) is 2.31. The normalized spacial score (nSPS) is 46.0. The van der Waals surface area contributed by atoms with Crippen LogP contribution in [0.4, 0.5) is 0 Å². The SMILES string of the molecule is CCCCCCC12CC3CC(N)(CC(CCC)(C3)C1)C2. The predicted molar refractivity (Wildman–Crippen MR) is 86.6 cm³/mol. The molecule has 0 aromatic heterocycles. The van der Waals surface area contributed by atoms with E-state index in [1.54, 1.807) is 0 Å². The Balaban J connectivity index is 1.72. The minimum absolute atomic E-state index is 0.222. The van der Waals surface area contributed by atoms with Crippen LogP contribution in [0.1, 0.15) is 97.3 Å². The Labute approximate surface area is 126 Å². The first-order chi connectivity index (χ1) is 9.53. The second kappa shape index (κ2) is 5.30. The van der Waals surface area contributed by atoms with Crippen molar-refractivity contribution in [1.29, 1.82) is 0 Å². The van der Waals surface area contributed by atoms with Crippen molar-refractivity contribution in [1.82, 2.24) is 0 Å². The molecule has 0 radical (unpaired) electrons. The van der Waals surface area contributed by atoms with E-state index in [0.29, 0.717) is 10.8 Å². The predicted octanol–water partition coefficient (Wildman–Crippen LogP) is 5.42. The maximum atomic E-state index is 6.85. The molecule has 4 atom stereocenters. The minimum Gasteiger partial charge on any atom is -0.325 e. The van der Waals surface area contributed by atoms with E-state index in [1.807, 2.05) is 0 Å². The summed E-state index contributed by atoms with van der Waals surface area (Å²) in [5.74, 6) is 0.967. The molecule has 0 aromatic carbocycles. The summed E-state index contributed by atoms with van der Waals surface area (Å²) in [7, 11) is 0. The molecule has 0 saturated heterocycles. The Kier molecular flexibility index (Phi) is 3.95. The fraction of sp³-hybridized carbons (Fsp3) is 1.00. The molecular formula is C19H35N. The van der Waals surface area contributed by atoms with Gasteiger partial charge in [0.15, 0.2) is 0 Å². The van der Waals surface area contributed by atoms with E-state index in [0.717, 1.165) is 5.92 Å². The van der Waals surface area contributed by atoms with Gasteiger partial charge in [-0.2, -0.15) is 0 Å². The van der Waals surface area contributed by atoms with Crippen molar-refractivity contribution >= 4 is 0 Å². The first-order valence-electron chi connectivity index (χ1n) is 9.32. The van der Waals surface area contributed by atoms with E-state index in [9.17, 15) is 0 Å². The number of rotatable bonds is 7. The van der Waals surface area contributed by atoms with Crippen LogP contribution < -0.4 is 5.73 Å². The van der Waals surface area contributed by atoms with E-state index in [1.165, 1.54) is 83.5 Å². The van der Waals surface area contributed by atoms with Gasteiger partial charge in [-0.15, -0.1) is 0 Å². The highest BCUT2D eigenvalue weighted by atomic mass is 14.8. The Morgan fingerprint density at radius 2 is 1.50 bits per heavy atom. The molecule has 2 N–H and O–H groups in total. The fourth-order valence-corrected chi connectivity index (χ4v) is 6.94. The molecule has 4 rings (SSSR count). The number of hydrogen-bond donors (Lipinski definition) is 1. The van der Waals surface area contributed by atoms with Gasteiger partial charge in [0.1, 0.15) is 0 Å². The van der Waals surface area contributed by atoms with Crippen LogP contribution in [0, 0.1) is 16.7 Å². The van der Waals surface area contributed by atoms with Gasteiger partial charge in [0.25, 0.3) is 0 Å². The van der Waals surface area contributed by atoms with Crippen molar-refractivity contribution in [3.05, 3.63) is 0 Å². The molecule has 0 aromatic rings. The maximum Gasteiger partial charge on any atom is 0.0167 e. The molecule has 0 heterocycles. The van der Waals surface area contributed by atoms with Gasteiger partial charge in [-0.3, -0.25) is 0 Å². The molecule has 1 heteroatoms. The lowest BCUT2D eigenvalue weighted by atomic mass is 9.40. The summed E-state index contributed by atoms with van der Waals surface area (Å²) in [5.41, 5.74) is 8.37. The minimum atomic E-state index is 0.222. The molecule has 116 valence electrons. The Bertz CT molecular complexity index is 352. The van der Waals surface area contributed by atoms with Gasteiger partial charge < -0.3 is 5.73 Å². The monoisotopic (exact) mass is 277 g/mol. The largest absolute Gasteiger partial charge is 0.325 e. The van der Waals surface area contributed by atoms with Crippen molar-refractivity contribution in [3.63, 3.8) is 0 Å². The average molecular weight is 277 g/mol. The van der Waals surface area contributed by atoms with Crippen LogP contribution in [0.25, 0.3) is 0 Å². The van der Waals surface area contributed by atoms with Crippen molar-refractivity contribution < 1.29 is 0 Å². The summed E-state index contributed by atoms with van der Waals surface area (Å²) < 4.78 is 0. The van der Waals surface area contributed by atoms with Gasteiger partial charge in [-0.25, -0.2) is 0 Å². The van der Waals surface area contributed by atoms with E-state index in [-0.39, 0.29) is 5.54 Å². The van der Waals surface area contributed by atoms with E-state index < -0.39 is 0 Å². The zero-order chi connectivity index (χ0) is 14.3. The summed E-state index contributed by atoms with van der Waals surface area (Å²) in [6.07, 6.45) is 18.6. The molecule has 0 spiro atoms. The Morgan fingerprint density at radius 1 is 0.800 bits per heavy atom. The zero-order valence-electron chi connectivity index (χ0n) is 13.8. The molecule has 4 saturated carbocycles. The first kappa shape index (κ1) is 14.9. The van der Waals surface area contributed by atoms with Crippen LogP contribution in [0.3, 0.4) is 0 Å². The maximum absolute atomic E-state index is 6.85. The standard InChI is InChI=1S/C19H35N/c1-3-5-6-7-9-18-11-16-10-17(13-18,8-4-2)14-19(20,12-16)15-18/h16H,3-15,20H2,1-2H3. The molecular weight excluding hydrogens is 242 g/mol. The molecule has 1 nitrogen and oxygen atoms in total. The van der Waals surface area contributed by atoms with Crippen LogP contribution in [-0.4, -0.2) is 5.54 Å². The van der Waals surface area contributed by atoms with Gasteiger partial charge in [-0.1, -0.05) is 46.0 Å². The first-order valence-corrected chi connectivity index (χ1v) is 9.32. The Morgan fingerprint density at radius 3 is 2.10 bits per heavy atom. The molecule has 4 aliphatic rings. The third-order valence-corrected chi connectivity index (χ3v) is 6.68. The second-order valence-electron chi connectivity index (χ2n) is 8.93. The van der Waals surface area contributed by atoms with Gasteiger partial charge in [0.05, 0.1) is 0 Å². The quantitative estimate of drug-likeness (QED) is 0.617. The second-order valence-corrected chi connectivity index (χ2v) is 8.93. The van der Waals surface area contributed by atoms with Crippen LogP contribution in [-0.2, 0) is 0 Å². The molecule has 4 aliphatic carbocycles. The fourth-order valence-electron chi connectivity index (χ4n) is 6.94. The smallest absolute Gasteiger partial charge is 0.0167 e. The highest BCUT2D eigenvalue weighted by Gasteiger charge is 2.61. The van der Waals surface area contributed by atoms with Gasteiger partial charge in [0.2, 0.25) is 0 Å². The van der Waals surface area contributed by atoms with Crippen LogP contribution in [0.5, 0.6) is 0 Å². The lowest BCUT2D eigenvalue weighted by Crippen LogP contribution is -2.63. The molecule has 4 bridgehead atoms. The van der Waals surface area contributed by atoms with Crippen molar-refractivity contribution in [2.24, 2.45) is 22.5 Å². The van der Waals surface area contributed by atoms with Crippen molar-refractivity contribution in [2.45, 2.75) is 103 Å². The van der Waals surface area contributed by atoms with E-state index in [4.69, 9.17) is 5.73 Å². The summed E-state index contributed by atoms with van der Waals surface area (Å²) in [5, 5.41) is 0. The molecule has 4 unspecified atom stereocenters.